The molecule has 2 N–H and O–H groups in total. The maximum absolute atomic E-state index is 9.38. The monoisotopic (exact) mass is 267 g/mol. The van der Waals surface area contributed by atoms with Crippen LogP contribution in [0.3, 0.4) is 0 Å². The summed E-state index contributed by atoms with van der Waals surface area (Å²) in [6.07, 6.45) is 0.747. The van der Waals surface area contributed by atoms with E-state index in [0.717, 1.165) is 17.7 Å². The molecule has 2 unspecified atom stereocenters. The Morgan fingerprint density at radius 3 is 2.74 bits per heavy atom. The first-order chi connectivity index (χ1) is 9.03. The number of likely N-dealkylation sites (N-methyl/N-ethyl adjacent to an activating group) is 1. The van der Waals surface area contributed by atoms with Crippen molar-refractivity contribution in [2.45, 2.75) is 38.5 Å². The molecule has 19 heavy (non-hydrogen) atoms. The van der Waals surface area contributed by atoms with Gasteiger partial charge in [-0.15, -0.1) is 0 Å². The lowest BCUT2D eigenvalue weighted by atomic mass is 9.96. The van der Waals surface area contributed by atoms with Crippen molar-refractivity contribution in [2.24, 2.45) is 0 Å². The summed E-state index contributed by atoms with van der Waals surface area (Å²) in [4.78, 5) is 0. The topological polar surface area (TPSA) is 50.7 Å². The van der Waals surface area contributed by atoms with Crippen molar-refractivity contribution in [3.8, 4) is 5.75 Å². The molecule has 4 heteroatoms. The molecule has 0 spiro atoms. The van der Waals surface area contributed by atoms with Gasteiger partial charge >= 0.3 is 0 Å². The first kappa shape index (κ1) is 16.0. The van der Waals surface area contributed by atoms with Crippen molar-refractivity contribution in [1.29, 1.82) is 0 Å². The normalized spacial score (nSPS) is 15.8. The summed E-state index contributed by atoms with van der Waals surface area (Å²) in [7, 11) is 3.53. The fraction of sp³-hybridized carbons (Fsp3) is 0.600. The van der Waals surface area contributed by atoms with Gasteiger partial charge in [0.05, 0.1) is 19.3 Å². The molecule has 0 bridgehead atoms. The van der Waals surface area contributed by atoms with Crippen molar-refractivity contribution in [1.82, 2.24) is 5.32 Å². The summed E-state index contributed by atoms with van der Waals surface area (Å²) in [5.74, 6) is 0.832. The quantitative estimate of drug-likeness (QED) is 0.756. The van der Waals surface area contributed by atoms with Gasteiger partial charge in [0.1, 0.15) is 5.75 Å². The van der Waals surface area contributed by atoms with Gasteiger partial charge in [-0.3, -0.25) is 0 Å². The molecule has 0 saturated heterocycles. The Bertz CT molecular complexity index is 377. The van der Waals surface area contributed by atoms with Gasteiger partial charge in [0.25, 0.3) is 0 Å². The molecule has 2 atom stereocenters. The van der Waals surface area contributed by atoms with Crippen LogP contribution in [-0.2, 0) is 11.3 Å². The minimum Gasteiger partial charge on any atom is -0.491 e. The van der Waals surface area contributed by atoms with Crippen molar-refractivity contribution in [3.05, 3.63) is 29.8 Å². The number of aliphatic hydroxyl groups excluding tert-OH is 1. The largest absolute Gasteiger partial charge is 0.491 e. The fourth-order valence-electron chi connectivity index (χ4n) is 2.03. The number of hydrogen-bond donors (Lipinski definition) is 2. The van der Waals surface area contributed by atoms with E-state index in [1.807, 2.05) is 45.2 Å². The third-order valence-electron chi connectivity index (χ3n) is 3.24. The zero-order chi connectivity index (χ0) is 14.3. The van der Waals surface area contributed by atoms with Crippen molar-refractivity contribution < 1.29 is 14.6 Å². The van der Waals surface area contributed by atoms with Gasteiger partial charge in [-0.2, -0.15) is 0 Å². The third kappa shape index (κ3) is 5.19. The zero-order valence-corrected chi connectivity index (χ0v) is 12.3. The van der Waals surface area contributed by atoms with Crippen LogP contribution in [0.5, 0.6) is 5.75 Å². The highest BCUT2D eigenvalue weighted by atomic mass is 16.5. The molecular weight excluding hydrogens is 242 g/mol. The van der Waals surface area contributed by atoms with E-state index in [1.165, 1.54) is 0 Å². The number of hydrogen-bond acceptors (Lipinski definition) is 4. The van der Waals surface area contributed by atoms with Crippen LogP contribution in [0.4, 0.5) is 0 Å². The van der Waals surface area contributed by atoms with Gasteiger partial charge in [-0.05, 0) is 38.6 Å². The number of methoxy groups -OCH3 is 1. The summed E-state index contributed by atoms with van der Waals surface area (Å²) < 4.78 is 11.0. The van der Waals surface area contributed by atoms with Crippen LogP contribution in [0.25, 0.3) is 0 Å². The second-order valence-electron chi connectivity index (χ2n) is 5.18. The Morgan fingerprint density at radius 2 is 2.16 bits per heavy atom. The Hall–Kier alpha value is -1.10. The SMILES string of the molecule is CNC(C)(CO)CC(C)Oc1cccc(COC)c1. The van der Waals surface area contributed by atoms with E-state index >= 15 is 0 Å². The maximum Gasteiger partial charge on any atom is 0.120 e. The summed E-state index contributed by atoms with van der Waals surface area (Å²) >= 11 is 0. The molecule has 0 aliphatic carbocycles. The highest BCUT2D eigenvalue weighted by Gasteiger charge is 2.24. The van der Waals surface area contributed by atoms with E-state index in [2.05, 4.69) is 5.32 Å². The molecular formula is C15H25NO3. The number of aliphatic hydroxyl groups is 1. The Morgan fingerprint density at radius 1 is 1.42 bits per heavy atom. The van der Waals surface area contributed by atoms with Gasteiger partial charge in [0.15, 0.2) is 0 Å². The highest BCUT2D eigenvalue weighted by molar-refractivity contribution is 5.28. The van der Waals surface area contributed by atoms with Crippen LogP contribution in [0.2, 0.25) is 0 Å². The van der Waals surface area contributed by atoms with Crippen molar-refractivity contribution in [3.63, 3.8) is 0 Å². The summed E-state index contributed by atoms with van der Waals surface area (Å²) in [5.41, 5.74) is 0.773. The Labute approximate surface area is 115 Å². The molecule has 1 rings (SSSR count). The molecule has 108 valence electrons. The van der Waals surface area contributed by atoms with Crippen LogP contribution in [-0.4, -0.2) is 37.5 Å². The molecule has 1 aromatic rings. The number of benzene rings is 1. The first-order valence-electron chi connectivity index (χ1n) is 6.57. The van der Waals surface area contributed by atoms with Gasteiger partial charge < -0.3 is 19.9 Å². The summed E-state index contributed by atoms with van der Waals surface area (Å²) in [6.45, 7) is 4.65. The van der Waals surface area contributed by atoms with Crippen LogP contribution in [0.15, 0.2) is 24.3 Å². The van der Waals surface area contributed by atoms with E-state index < -0.39 is 0 Å². The maximum atomic E-state index is 9.38. The lowest BCUT2D eigenvalue weighted by molar-refractivity contribution is 0.115. The van der Waals surface area contributed by atoms with E-state index in [0.29, 0.717) is 6.61 Å². The molecule has 0 fully saturated rings. The van der Waals surface area contributed by atoms with Gasteiger partial charge in [-0.25, -0.2) is 0 Å². The summed E-state index contributed by atoms with van der Waals surface area (Å²) in [5, 5.41) is 12.5. The molecule has 0 radical (unpaired) electrons. The van der Waals surface area contributed by atoms with Gasteiger partial charge in [-0.1, -0.05) is 12.1 Å². The van der Waals surface area contributed by atoms with Gasteiger partial charge in [0.2, 0.25) is 0 Å². The molecule has 4 nitrogen and oxygen atoms in total. The first-order valence-corrected chi connectivity index (χ1v) is 6.57. The standard InChI is InChI=1S/C15H25NO3/c1-12(9-15(2,11-17)16-3)19-14-7-5-6-13(8-14)10-18-4/h5-8,12,16-17H,9-11H2,1-4H3. The second kappa shape index (κ2) is 7.48. The molecule has 0 aromatic heterocycles. The minimum atomic E-state index is -0.316. The molecule has 0 heterocycles. The van der Waals surface area contributed by atoms with Gasteiger partial charge in [0, 0.05) is 19.1 Å². The minimum absolute atomic E-state index is 0.0161. The lowest BCUT2D eigenvalue weighted by Gasteiger charge is -2.30. The predicted octanol–water partition coefficient (Wildman–Crippen LogP) is 1.96. The van der Waals surface area contributed by atoms with E-state index in [-0.39, 0.29) is 18.2 Å². The highest BCUT2D eigenvalue weighted by Crippen LogP contribution is 2.19. The molecule has 0 amide bonds. The Kier molecular flexibility index (Phi) is 6.28. The molecule has 0 aliphatic rings. The smallest absolute Gasteiger partial charge is 0.120 e. The van der Waals surface area contributed by atoms with E-state index in [9.17, 15) is 5.11 Å². The number of ether oxygens (including phenoxy) is 2. The Balaban J connectivity index is 2.61. The van der Waals surface area contributed by atoms with Crippen LogP contribution in [0.1, 0.15) is 25.8 Å². The lowest BCUT2D eigenvalue weighted by Crippen LogP contribution is -2.46. The van der Waals surface area contributed by atoms with E-state index in [1.54, 1.807) is 7.11 Å². The summed E-state index contributed by atoms with van der Waals surface area (Å²) in [6, 6.07) is 7.88. The predicted molar refractivity (Wildman–Crippen MR) is 76.4 cm³/mol. The average Bonchev–Trinajstić information content (AvgIpc) is 2.39. The zero-order valence-electron chi connectivity index (χ0n) is 12.3. The van der Waals surface area contributed by atoms with E-state index in [4.69, 9.17) is 9.47 Å². The van der Waals surface area contributed by atoms with Crippen LogP contribution < -0.4 is 10.1 Å². The molecule has 1 aromatic carbocycles. The average molecular weight is 267 g/mol. The third-order valence-corrected chi connectivity index (χ3v) is 3.24. The molecule has 0 saturated carbocycles. The second-order valence-corrected chi connectivity index (χ2v) is 5.18. The fourth-order valence-corrected chi connectivity index (χ4v) is 2.03. The van der Waals surface area contributed by atoms with Crippen LogP contribution >= 0.6 is 0 Å². The van der Waals surface area contributed by atoms with Crippen molar-refractivity contribution >= 4 is 0 Å². The molecule has 0 aliphatic heterocycles. The number of rotatable bonds is 8. The van der Waals surface area contributed by atoms with Crippen LogP contribution in [0, 0.1) is 0 Å². The van der Waals surface area contributed by atoms with Crippen molar-refractivity contribution in [2.75, 3.05) is 20.8 Å². The number of nitrogens with one attached hydrogen (secondary N) is 1.